The van der Waals surface area contributed by atoms with Crippen LogP contribution in [0.15, 0.2) is 0 Å². The lowest BCUT2D eigenvalue weighted by Crippen LogP contribution is -2.49. The molecule has 0 spiro atoms. The van der Waals surface area contributed by atoms with Crippen LogP contribution in [0, 0.1) is 5.92 Å². The number of rotatable bonds is 0. The topological polar surface area (TPSA) is 50.4 Å². The molecular weight excluding hydrogens is 156 g/mol. The summed E-state index contributed by atoms with van der Waals surface area (Å²) in [5, 5.41) is 6.27. The van der Waals surface area contributed by atoms with Crippen molar-refractivity contribution in [2.45, 2.75) is 12.5 Å². The van der Waals surface area contributed by atoms with Gasteiger partial charge in [0.25, 0.3) is 0 Å². The molecule has 2 heterocycles. The second-order valence-electron chi connectivity index (χ2n) is 3.44. The number of carbonyl (C=O) groups excluding carboxylic acids is 1. The molecule has 0 aromatic rings. The summed E-state index contributed by atoms with van der Waals surface area (Å²) in [6.45, 7) is 2.90. The molecule has 2 saturated heterocycles. The summed E-state index contributed by atoms with van der Waals surface area (Å²) in [7, 11) is 0. The second-order valence-corrected chi connectivity index (χ2v) is 3.44. The summed E-state index contributed by atoms with van der Waals surface area (Å²) in [6.07, 6.45) is 1.03. The third kappa shape index (κ3) is 1.59. The van der Waals surface area contributed by atoms with E-state index in [2.05, 4.69) is 10.6 Å². The maximum atomic E-state index is 11.1. The summed E-state index contributed by atoms with van der Waals surface area (Å²) in [5.41, 5.74) is 0. The van der Waals surface area contributed by atoms with Gasteiger partial charge in [0, 0.05) is 18.5 Å². The van der Waals surface area contributed by atoms with E-state index in [1.54, 1.807) is 0 Å². The van der Waals surface area contributed by atoms with Gasteiger partial charge in [-0.25, -0.2) is 0 Å². The molecule has 0 radical (unpaired) electrons. The standard InChI is InChI=1S/C8H14N2O2/c11-8-5-12-4-6-3-9-2-1-7(6)10-8/h6-7,9H,1-5H2,(H,10,11). The largest absolute Gasteiger partial charge is 0.371 e. The molecule has 2 N–H and O–H groups in total. The highest BCUT2D eigenvalue weighted by molar-refractivity contribution is 5.77. The Morgan fingerprint density at radius 3 is 3.33 bits per heavy atom. The van der Waals surface area contributed by atoms with Crippen LogP contribution in [0.2, 0.25) is 0 Å². The molecule has 0 aliphatic carbocycles. The SMILES string of the molecule is O=C1COCC2CNCCC2N1. The molecule has 0 saturated carbocycles. The lowest BCUT2D eigenvalue weighted by Gasteiger charge is -2.29. The van der Waals surface area contributed by atoms with Gasteiger partial charge in [0.15, 0.2) is 0 Å². The molecule has 2 aliphatic heterocycles. The second kappa shape index (κ2) is 3.41. The summed E-state index contributed by atoms with van der Waals surface area (Å²) >= 11 is 0. The smallest absolute Gasteiger partial charge is 0.246 e. The highest BCUT2D eigenvalue weighted by atomic mass is 16.5. The summed E-state index contributed by atoms with van der Waals surface area (Å²) < 4.78 is 5.22. The quantitative estimate of drug-likeness (QED) is 0.496. The van der Waals surface area contributed by atoms with E-state index in [9.17, 15) is 4.79 Å². The molecule has 2 unspecified atom stereocenters. The van der Waals surface area contributed by atoms with Crippen LogP contribution in [-0.2, 0) is 9.53 Å². The molecule has 68 valence electrons. The lowest BCUT2D eigenvalue weighted by molar-refractivity contribution is -0.124. The Morgan fingerprint density at radius 2 is 2.42 bits per heavy atom. The normalized spacial score (nSPS) is 36.5. The van der Waals surface area contributed by atoms with Crippen LogP contribution < -0.4 is 10.6 Å². The van der Waals surface area contributed by atoms with Crippen LogP contribution >= 0.6 is 0 Å². The van der Waals surface area contributed by atoms with Crippen molar-refractivity contribution in [3.05, 3.63) is 0 Å². The number of hydrogen-bond donors (Lipinski definition) is 2. The number of fused-ring (bicyclic) bond motifs is 1. The van der Waals surface area contributed by atoms with Gasteiger partial charge >= 0.3 is 0 Å². The molecule has 0 bridgehead atoms. The van der Waals surface area contributed by atoms with Crippen LogP contribution in [0.1, 0.15) is 6.42 Å². The molecule has 2 fully saturated rings. The number of nitrogens with one attached hydrogen (secondary N) is 2. The Kier molecular flexibility index (Phi) is 2.28. The van der Waals surface area contributed by atoms with Gasteiger partial charge in [-0.05, 0) is 13.0 Å². The molecule has 0 aromatic carbocycles. The molecule has 2 rings (SSSR count). The van der Waals surface area contributed by atoms with E-state index in [0.29, 0.717) is 18.6 Å². The van der Waals surface area contributed by atoms with E-state index in [1.807, 2.05) is 0 Å². The van der Waals surface area contributed by atoms with E-state index in [-0.39, 0.29) is 12.5 Å². The van der Waals surface area contributed by atoms with Crippen molar-refractivity contribution < 1.29 is 9.53 Å². The van der Waals surface area contributed by atoms with Crippen LogP contribution in [0.25, 0.3) is 0 Å². The minimum Gasteiger partial charge on any atom is -0.371 e. The van der Waals surface area contributed by atoms with E-state index in [4.69, 9.17) is 4.74 Å². The van der Waals surface area contributed by atoms with Crippen LogP contribution in [-0.4, -0.2) is 38.3 Å². The van der Waals surface area contributed by atoms with Gasteiger partial charge in [-0.2, -0.15) is 0 Å². The zero-order valence-electron chi connectivity index (χ0n) is 7.01. The maximum absolute atomic E-state index is 11.1. The Morgan fingerprint density at radius 1 is 1.50 bits per heavy atom. The third-order valence-corrected chi connectivity index (χ3v) is 2.52. The van der Waals surface area contributed by atoms with E-state index in [1.165, 1.54) is 0 Å². The predicted molar refractivity (Wildman–Crippen MR) is 43.7 cm³/mol. The van der Waals surface area contributed by atoms with Crippen LogP contribution in [0.5, 0.6) is 0 Å². The average Bonchev–Trinajstić information content (AvgIpc) is 2.25. The zero-order valence-corrected chi connectivity index (χ0v) is 7.01. The molecule has 2 aliphatic rings. The van der Waals surface area contributed by atoms with Crippen molar-refractivity contribution >= 4 is 5.91 Å². The molecular formula is C8H14N2O2. The Labute approximate surface area is 71.7 Å². The number of carbonyl (C=O) groups is 1. The van der Waals surface area contributed by atoms with Gasteiger partial charge in [0.05, 0.1) is 6.61 Å². The van der Waals surface area contributed by atoms with Gasteiger partial charge < -0.3 is 15.4 Å². The van der Waals surface area contributed by atoms with Gasteiger partial charge in [-0.3, -0.25) is 4.79 Å². The van der Waals surface area contributed by atoms with Crippen LogP contribution in [0.4, 0.5) is 0 Å². The monoisotopic (exact) mass is 170 g/mol. The van der Waals surface area contributed by atoms with Gasteiger partial charge in [0.2, 0.25) is 5.91 Å². The third-order valence-electron chi connectivity index (χ3n) is 2.52. The Hall–Kier alpha value is -0.610. The predicted octanol–water partition coefficient (Wildman–Crippen LogP) is -0.889. The van der Waals surface area contributed by atoms with Crippen LogP contribution in [0.3, 0.4) is 0 Å². The first-order valence-electron chi connectivity index (χ1n) is 4.44. The fourth-order valence-electron chi connectivity index (χ4n) is 1.84. The van der Waals surface area contributed by atoms with E-state index in [0.717, 1.165) is 19.5 Å². The molecule has 1 amide bonds. The fourth-order valence-corrected chi connectivity index (χ4v) is 1.84. The Bertz CT molecular complexity index is 184. The lowest BCUT2D eigenvalue weighted by atomic mass is 9.94. The minimum atomic E-state index is 0.0319. The van der Waals surface area contributed by atoms with Crippen molar-refractivity contribution in [1.29, 1.82) is 0 Å². The summed E-state index contributed by atoms with van der Waals surface area (Å²) in [4.78, 5) is 11.1. The van der Waals surface area contributed by atoms with Crippen molar-refractivity contribution in [3.8, 4) is 0 Å². The first-order chi connectivity index (χ1) is 5.86. The fraction of sp³-hybridized carbons (Fsp3) is 0.875. The van der Waals surface area contributed by atoms with Gasteiger partial charge in [-0.1, -0.05) is 0 Å². The highest BCUT2D eigenvalue weighted by Gasteiger charge is 2.28. The molecule has 2 atom stereocenters. The summed E-state index contributed by atoms with van der Waals surface area (Å²) in [5.74, 6) is 0.495. The number of hydrogen-bond acceptors (Lipinski definition) is 3. The minimum absolute atomic E-state index is 0.0319. The van der Waals surface area contributed by atoms with Crippen molar-refractivity contribution in [1.82, 2.24) is 10.6 Å². The molecule has 4 nitrogen and oxygen atoms in total. The summed E-state index contributed by atoms with van der Waals surface area (Å²) in [6, 6.07) is 0.334. The zero-order chi connectivity index (χ0) is 8.39. The maximum Gasteiger partial charge on any atom is 0.246 e. The first-order valence-corrected chi connectivity index (χ1v) is 4.44. The first kappa shape index (κ1) is 8.01. The number of ether oxygens (including phenoxy) is 1. The van der Waals surface area contributed by atoms with E-state index >= 15 is 0 Å². The molecule has 12 heavy (non-hydrogen) atoms. The van der Waals surface area contributed by atoms with Gasteiger partial charge in [0.1, 0.15) is 6.61 Å². The van der Waals surface area contributed by atoms with Crippen molar-refractivity contribution in [3.63, 3.8) is 0 Å². The highest BCUT2D eigenvalue weighted by Crippen LogP contribution is 2.13. The number of amides is 1. The molecule has 4 heteroatoms. The average molecular weight is 170 g/mol. The van der Waals surface area contributed by atoms with Crippen molar-refractivity contribution in [2.75, 3.05) is 26.3 Å². The van der Waals surface area contributed by atoms with E-state index < -0.39 is 0 Å². The van der Waals surface area contributed by atoms with Crippen molar-refractivity contribution in [2.24, 2.45) is 5.92 Å². The Balaban J connectivity index is 2.01. The number of piperidine rings is 1. The molecule has 0 aromatic heterocycles. The van der Waals surface area contributed by atoms with Gasteiger partial charge in [-0.15, -0.1) is 0 Å².